The Morgan fingerprint density at radius 3 is 2.23 bits per heavy atom. The summed E-state index contributed by atoms with van der Waals surface area (Å²) in [6.45, 7) is 15.2. The first-order valence-corrected chi connectivity index (χ1v) is 14.2. The average Bonchev–Trinajstić information content (AvgIpc) is 3.03. The van der Waals surface area contributed by atoms with Crippen molar-refractivity contribution in [2.75, 3.05) is 0 Å². The lowest BCUT2D eigenvalue weighted by Gasteiger charge is -2.65. The molecule has 0 aromatic heterocycles. The highest BCUT2D eigenvalue weighted by Gasteiger charge is 2.67. The van der Waals surface area contributed by atoms with Crippen LogP contribution in [0, 0.1) is 45.3 Å². The van der Waals surface area contributed by atoms with Crippen LogP contribution in [0.15, 0.2) is 11.6 Å². The van der Waals surface area contributed by atoms with Crippen molar-refractivity contribution in [1.82, 2.24) is 0 Å². The molecule has 1 heterocycles. The molecule has 5 heteroatoms. The summed E-state index contributed by atoms with van der Waals surface area (Å²) in [6.07, 6.45) is 7.85. The van der Waals surface area contributed by atoms with Crippen molar-refractivity contribution in [3.05, 3.63) is 11.6 Å². The Labute approximate surface area is 212 Å². The zero-order valence-corrected chi connectivity index (χ0v) is 23.1. The zero-order valence-electron chi connectivity index (χ0n) is 23.1. The van der Waals surface area contributed by atoms with Gasteiger partial charge in [0.25, 0.3) is 0 Å². The number of hydrogen-bond acceptors (Lipinski definition) is 5. The maximum absolute atomic E-state index is 11.1. The number of allylic oxidation sites excluding steroid dienone is 2. The molecule has 1 aliphatic heterocycles. The summed E-state index contributed by atoms with van der Waals surface area (Å²) in [7, 11) is 0. The second-order valence-electron chi connectivity index (χ2n) is 14.9. The molecule has 3 saturated carbocycles. The van der Waals surface area contributed by atoms with Crippen molar-refractivity contribution in [2.24, 2.45) is 45.3 Å². The van der Waals surface area contributed by atoms with Gasteiger partial charge in [-0.1, -0.05) is 46.3 Å². The highest BCUT2D eigenvalue weighted by molar-refractivity contribution is 5.33. The predicted molar refractivity (Wildman–Crippen MR) is 136 cm³/mol. The molecule has 200 valence electrons. The molecule has 0 spiro atoms. The minimum atomic E-state index is -0.942. The first-order valence-electron chi connectivity index (χ1n) is 14.2. The van der Waals surface area contributed by atoms with Gasteiger partial charge in [-0.2, -0.15) is 0 Å². The van der Waals surface area contributed by atoms with Gasteiger partial charge in [-0.05, 0) is 105 Å². The van der Waals surface area contributed by atoms with E-state index < -0.39 is 24.1 Å². The highest BCUT2D eigenvalue weighted by atomic mass is 16.6. The fraction of sp³-hybridized carbons (Fsp3) is 0.933. The normalized spacial score (nSPS) is 53.9. The van der Waals surface area contributed by atoms with E-state index in [1.54, 1.807) is 13.8 Å². The Morgan fingerprint density at radius 1 is 0.914 bits per heavy atom. The fourth-order valence-corrected chi connectivity index (χ4v) is 10.3. The molecule has 4 N–H and O–H groups in total. The number of ether oxygens (including phenoxy) is 1. The molecule has 5 aliphatic rings. The lowest BCUT2D eigenvalue weighted by Crippen LogP contribution is -2.61. The number of aliphatic hydroxyl groups excluding tert-OH is 3. The van der Waals surface area contributed by atoms with Gasteiger partial charge in [0.05, 0.1) is 23.9 Å². The molecule has 0 aromatic rings. The first-order chi connectivity index (χ1) is 16.1. The van der Waals surface area contributed by atoms with E-state index in [9.17, 15) is 20.4 Å². The lowest BCUT2D eigenvalue weighted by molar-refractivity contribution is -0.248. The van der Waals surface area contributed by atoms with Crippen molar-refractivity contribution >= 4 is 0 Å². The van der Waals surface area contributed by atoms with E-state index in [2.05, 4.69) is 40.7 Å². The largest absolute Gasteiger partial charge is 0.390 e. The average molecular weight is 491 g/mol. The number of fused-ring (bicyclic) bond motifs is 5. The molecule has 11 atom stereocenters. The number of rotatable bonds is 2. The van der Waals surface area contributed by atoms with Gasteiger partial charge in [-0.25, -0.2) is 0 Å². The lowest BCUT2D eigenvalue weighted by atomic mass is 9.40. The van der Waals surface area contributed by atoms with E-state index in [0.29, 0.717) is 24.2 Å². The molecular weight excluding hydrogens is 440 g/mol. The van der Waals surface area contributed by atoms with Crippen LogP contribution in [0.4, 0.5) is 0 Å². The van der Waals surface area contributed by atoms with Crippen LogP contribution in [0.2, 0.25) is 0 Å². The number of aliphatic hydroxyl groups is 4. The van der Waals surface area contributed by atoms with E-state index in [-0.39, 0.29) is 33.7 Å². The van der Waals surface area contributed by atoms with Gasteiger partial charge in [0.1, 0.15) is 0 Å². The molecule has 0 aromatic carbocycles. The smallest absolute Gasteiger partial charge is 0.158 e. The summed E-state index contributed by atoms with van der Waals surface area (Å²) in [5.74, 6) is 1.35. The van der Waals surface area contributed by atoms with E-state index in [0.717, 1.165) is 44.9 Å². The summed E-state index contributed by atoms with van der Waals surface area (Å²) in [5, 5.41) is 43.3. The van der Waals surface area contributed by atoms with Crippen LogP contribution in [0.1, 0.15) is 99.8 Å². The Morgan fingerprint density at radius 2 is 1.60 bits per heavy atom. The van der Waals surface area contributed by atoms with Crippen LogP contribution in [0.3, 0.4) is 0 Å². The standard InChI is InChI=1S/C30H50O5/c1-26(2)22-10-9-20-19(28(22,5)16-21(31)24(26)32)13-15-29(6)18(12-14-30(20,29)7)17-8-11-23(27(3,4)34)35-25(17)33/h13,17-18,20-25,31-34H,8-12,14-16H2,1-7H3. The molecule has 0 amide bonds. The van der Waals surface area contributed by atoms with Crippen LogP contribution in [-0.2, 0) is 4.74 Å². The molecule has 0 radical (unpaired) electrons. The third kappa shape index (κ3) is 3.51. The Hall–Kier alpha value is -0.460. The van der Waals surface area contributed by atoms with Crippen LogP contribution in [0.25, 0.3) is 0 Å². The quantitative estimate of drug-likeness (QED) is 0.417. The monoisotopic (exact) mass is 490 g/mol. The Kier molecular flexibility index (Phi) is 6.00. The van der Waals surface area contributed by atoms with E-state index in [1.807, 2.05) is 0 Å². The highest BCUT2D eigenvalue weighted by Crippen LogP contribution is 2.73. The third-order valence-electron chi connectivity index (χ3n) is 12.6. The van der Waals surface area contributed by atoms with Crippen molar-refractivity contribution < 1.29 is 25.2 Å². The fourth-order valence-electron chi connectivity index (χ4n) is 10.3. The van der Waals surface area contributed by atoms with E-state index >= 15 is 0 Å². The Balaban J connectivity index is 1.45. The summed E-state index contributed by atoms with van der Waals surface area (Å²) >= 11 is 0. The summed E-state index contributed by atoms with van der Waals surface area (Å²) < 4.78 is 6.01. The molecule has 5 rings (SSSR count). The SMILES string of the molecule is CC(C)(O)C1CCC(C2CCC3(C)C4CCC5C(C)(CC(O)C(O)C5(C)C)C4=CCC23C)C(O)O1. The van der Waals surface area contributed by atoms with Crippen LogP contribution >= 0.6 is 0 Å². The van der Waals surface area contributed by atoms with Crippen LogP contribution in [0.5, 0.6) is 0 Å². The maximum Gasteiger partial charge on any atom is 0.158 e. The third-order valence-corrected chi connectivity index (χ3v) is 12.6. The molecule has 4 fully saturated rings. The Bertz CT molecular complexity index is 874. The predicted octanol–water partition coefficient (Wildman–Crippen LogP) is 4.81. The maximum atomic E-state index is 11.1. The zero-order chi connectivity index (χ0) is 25.8. The van der Waals surface area contributed by atoms with Crippen molar-refractivity contribution in [3.63, 3.8) is 0 Å². The summed E-state index contributed by atoms with van der Waals surface area (Å²) in [5.41, 5.74) is 0.440. The van der Waals surface area contributed by atoms with E-state index in [4.69, 9.17) is 4.74 Å². The summed E-state index contributed by atoms with van der Waals surface area (Å²) in [4.78, 5) is 0. The van der Waals surface area contributed by atoms with Gasteiger partial charge < -0.3 is 25.2 Å². The van der Waals surface area contributed by atoms with Gasteiger partial charge in [0.2, 0.25) is 0 Å². The van der Waals surface area contributed by atoms with Gasteiger partial charge >= 0.3 is 0 Å². The molecule has 5 nitrogen and oxygen atoms in total. The minimum absolute atomic E-state index is 0.0825. The number of hydrogen-bond donors (Lipinski definition) is 4. The summed E-state index contributed by atoms with van der Waals surface area (Å²) in [6, 6.07) is 0. The molecular formula is C30H50O5. The van der Waals surface area contributed by atoms with Gasteiger partial charge in [0.15, 0.2) is 6.29 Å². The van der Waals surface area contributed by atoms with Crippen LogP contribution < -0.4 is 0 Å². The van der Waals surface area contributed by atoms with Gasteiger partial charge in [0, 0.05) is 5.92 Å². The minimum Gasteiger partial charge on any atom is -0.390 e. The molecule has 1 saturated heterocycles. The topological polar surface area (TPSA) is 90.2 Å². The van der Waals surface area contributed by atoms with Crippen molar-refractivity contribution in [3.8, 4) is 0 Å². The van der Waals surface area contributed by atoms with E-state index in [1.165, 1.54) is 5.57 Å². The van der Waals surface area contributed by atoms with Crippen molar-refractivity contribution in [2.45, 2.75) is 130 Å². The second-order valence-corrected chi connectivity index (χ2v) is 14.9. The van der Waals surface area contributed by atoms with Gasteiger partial charge in [-0.3, -0.25) is 0 Å². The molecule has 4 aliphatic carbocycles. The molecule has 11 unspecified atom stereocenters. The second kappa shape index (κ2) is 8.02. The van der Waals surface area contributed by atoms with Crippen molar-refractivity contribution in [1.29, 1.82) is 0 Å². The van der Waals surface area contributed by atoms with Crippen LogP contribution in [-0.4, -0.2) is 50.6 Å². The van der Waals surface area contributed by atoms with Gasteiger partial charge in [-0.15, -0.1) is 0 Å². The molecule has 0 bridgehead atoms. The first kappa shape index (κ1) is 26.2. The molecule has 35 heavy (non-hydrogen) atoms.